The van der Waals surface area contributed by atoms with Crippen molar-refractivity contribution in [3.63, 3.8) is 0 Å². The van der Waals surface area contributed by atoms with Crippen LogP contribution in [0.3, 0.4) is 0 Å². The summed E-state index contributed by atoms with van der Waals surface area (Å²) >= 11 is 0. The van der Waals surface area contributed by atoms with Gasteiger partial charge in [-0.1, -0.05) is 24.3 Å². The van der Waals surface area contributed by atoms with E-state index in [1.54, 1.807) is 60.5 Å². The summed E-state index contributed by atoms with van der Waals surface area (Å²) in [6, 6.07) is 23.3. The number of sulfonamides is 1. The lowest BCUT2D eigenvalue weighted by Gasteiger charge is -2.28. The van der Waals surface area contributed by atoms with E-state index in [0.717, 1.165) is 11.1 Å². The Labute approximate surface area is 233 Å². The van der Waals surface area contributed by atoms with Gasteiger partial charge in [0.25, 0.3) is 5.91 Å². The molecular weight excluding hydrogens is 530 g/mol. The van der Waals surface area contributed by atoms with Crippen LogP contribution in [0.5, 0.6) is 11.5 Å². The molecule has 0 aromatic heterocycles. The number of benzene rings is 3. The Kier molecular flexibility index (Phi) is 7.50. The second-order valence-corrected chi connectivity index (χ2v) is 12.1. The van der Waals surface area contributed by atoms with Crippen LogP contribution in [0, 0.1) is 16.7 Å². The Bertz CT molecular complexity index is 1540. The van der Waals surface area contributed by atoms with Gasteiger partial charge in [0.15, 0.2) is 0 Å². The van der Waals surface area contributed by atoms with Gasteiger partial charge in [0.05, 0.1) is 24.0 Å². The first-order valence-corrected chi connectivity index (χ1v) is 14.5. The number of hydrogen-bond acceptors (Lipinski definition) is 7. The molecule has 2 amide bonds. The van der Waals surface area contributed by atoms with Crippen molar-refractivity contribution in [1.82, 2.24) is 9.62 Å². The highest BCUT2D eigenvalue weighted by molar-refractivity contribution is 7.90. The zero-order chi connectivity index (χ0) is 28.3. The van der Waals surface area contributed by atoms with Crippen molar-refractivity contribution in [2.24, 2.45) is 5.41 Å². The van der Waals surface area contributed by atoms with Crippen LogP contribution in [0.25, 0.3) is 11.1 Å². The van der Waals surface area contributed by atoms with Gasteiger partial charge in [-0.25, -0.2) is 8.42 Å². The predicted molar refractivity (Wildman–Crippen MR) is 148 cm³/mol. The number of hydrogen-bond donors (Lipinski definition) is 1. The largest absolute Gasteiger partial charge is 0.497 e. The highest BCUT2D eigenvalue weighted by Crippen LogP contribution is 2.35. The maximum Gasteiger partial charge on any atom is 0.253 e. The average molecular weight is 560 g/mol. The minimum absolute atomic E-state index is 0.0210. The molecule has 1 aliphatic carbocycles. The van der Waals surface area contributed by atoms with E-state index < -0.39 is 26.6 Å². The van der Waals surface area contributed by atoms with E-state index in [9.17, 15) is 18.0 Å². The van der Waals surface area contributed by atoms with Crippen LogP contribution in [0.15, 0.2) is 72.8 Å². The number of likely N-dealkylation sites (tertiary alicyclic amines) is 1. The molecule has 0 radical (unpaired) electrons. The van der Waals surface area contributed by atoms with E-state index in [1.165, 1.54) is 0 Å². The molecule has 0 spiro atoms. The number of nitrogens with one attached hydrogen (secondary N) is 1. The fourth-order valence-corrected chi connectivity index (χ4v) is 6.13. The zero-order valence-corrected chi connectivity index (χ0v) is 22.8. The standard InChI is InChI=1S/C30H29N3O6S/c1-38-25-10-8-24(9-11-25)28(34)33-17-16-30(19-33,29(35)32-40(36,37)27-14-15-27)20-39-26-12-6-23(7-13-26)22-4-2-21(18-31)3-5-22/h2-13,27H,14-17,19-20H2,1H3,(H,32,35). The van der Waals surface area contributed by atoms with Crippen LogP contribution in [0.2, 0.25) is 0 Å². The molecule has 1 unspecified atom stereocenters. The van der Waals surface area contributed by atoms with E-state index in [4.69, 9.17) is 14.7 Å². The molecule has 1 atom stereocenters. The molecule has 1 heterocycles. The smallest absolute Gasteiger partial charge is 0.253 e. The highest BCUT2D eigenvalue weighted by atomic mass is 32.2. The van der Waals surface area contributed by atoms with Crippen LogP contribution in [0.1, 0.15) is 35.2 Å². The minimum atomic E-state index is -3.78. The van der Waals surface area contributed by atoms with E-state index in [1.807, 2.05) is 24.3 Å². The first-order valence-electron chi connectivity index (χ1n) is 13.0. The first-order chi connectivity index (χ1) is 19.2. The number of nitriles is 1. The van der Waals surface area contributed by atoms with E-state index in [2.05, 4.69) is 10.8 Å². The number of carbonyl (C=O) groups is 2. The van der Waals surface area contributed by atoms with Crippen LogP contribution in [-0.4, -0.2) is 57.2 Å². The second kappa shape index (κ2) is 11.0. The Balaban J connectivity index is 1.32. The van der Waals surface area contributed by atoms with Gasteiger partial charge in [0.1, 0.15) is 23.5 Å². The summed E-state index contributed by atoms with van der Waals surface area (Å²) in [7, 11) is -2.23. The number of amides is 2. The zero-order valence-electron chi connectivity index (χ0n) is 22.0. The van der Waals surface area contributed by atoms with Crippen molar-refractivity contribution in [3.05, 3.63) is 83.9 Å². The monoisotopic (exact) mass is 559 g/mol. The molecule has 2 fully saturated rings. The lowest BCUT2D eigenvalue weighted by molar-refractivity contribution is -0.130. The molecule has 1 saturated carbocycles. The molecule has 10 heteroatoms. The van der Waals surface area contributed by atoms with Gasteiger partial charge in [-0.3, -0.25) is 14.3 Å². The molecule has 1 N–H and O–H groups in total. The molecular formula is C30H29N3O6S. The number of methoxy groups -OCH3 is 1. The molecule has 1 aliphatic heterocycles. The molecule has 0 bridgehead atoms. The van der Waals surface area contributed by atoms with Gasteiger partial charge in [0, 0.05) is 18.7 Å². The van der Waals surface area contributed by atoms with Crippen molar-refractivity contribution in [2.75, 3.05) is 26.8 Å². The first kappa shape index (κ1) is 27.2. The summed E-state index contributed by atoms with van der Waals surface area (Å²) in [5, 5.41) is 8.45. The summed E-state index contributed by atoms with van der Waals surface area (Å²) in [5.41, 5.74) is 1.65. The molecule has 2 aliphatic rings. The maximum absolute atomic E-state index is 13.5. The summed E-state index contributed by atoms with van der Waals surface area (Å²) in [4.78, 5) is 28.3. The van der Waals surface area contributed by atoms with Crippen LogP contribution >= 0.6 is 0 Å². The van der Waals surface area contributed by atoms with Gasteiger partial charge in [-0.05, 0) is 78.9 Å². The maximum atomic E-state index is 13.5. The molecule has 206 valence electrons. The Hall–Kier alpha value is -4.36. The van der Waals surface area contributed by atoms with Crippen molar-refractivity contribution in [3.8, 4) is 28.7 Å². The Morgan fingerprint density at radius 1 is 0.975 bits per heavy atom. The van der Waals surface area contributed by atoms with E-state index in [0.29, 0.717) is 35.5 Å². The second-order valence-electron chi connectivity index (χ2n) is 10.2. The van der Waals surface area contributed by atoms with Crippen molar-refractivity contribution >= 4 is 21.8 Å². The molecule has 9 nitrogen and oxygen atoms in total. The molecule has 5 rings (SSSR count). The minimum Gasteiger partial charge on any atom is -0.497 e. The van der Waals surface area contributed by atoms with Crippen molar-refractivity contribution in [2.45, 2.75) is 24.5 Å². The molecule has 40 heavy (non-hydrogen) atoms. The fourth-order valence-electron chi connectivity index (χ4n) is 4.73. The summed E-state index contributed by atoms with van der Waals surface area (Å²) in [6.07, 6.45) is 1.31. The van der Waals surface area contributed by atoms with Gasteiger partial charge in [-0.2, -0.15) is 5.26 Å². The van der Waals surface area contributed by atoms with Gasteiger partial charge < -0.3 is 14.4 Å². The third-order valence-electron chi connectivity index (χ3n) is 7.37. The summed E-state index contributed by atoms with van der Waals surface area (Å²) < 4.78 is 38.7. The third kappa shape index (κ3) is 5.80. The molecule has 1 saturated heterocycles. The fraction of sp³-hybridized carbons (Fsp3) is 0.300. The molecule has 3 aromatic rings. The topological polar surface area (TPSA) is 126 Å². The van der Waals surface area contributed by atoms with Crippen LogP contribution < -0.4 is 14.2 Å². The Morgan fingerprint density at radius 2 is 1.57 bits per heavy atom. The summed E-state index contributed by atoms with van der Waals surface area (Å²) in [6.45, 7) is 0.206. The van der Waals surface area contributed by atoms with Crippen LogP contribution in [0.4, 0.5) is 0 Å². The normalized spacial score (nSPS) is 18.6. The number of ether oxygens (including phenoxy) is 2. The number of rotatable bonds is 9. The lowest BCUT2D eigenvalue weighted by Crippen LogP contribution is -2.49. The van der Waals surface area contributed by atoms with Gasteiger partial charge in [-0.15, -0.1) is 0 Å². The Morgan fingerprint density at radius 3 is 2.15 bits per heavy atom. The summed E-state index contributed by atoms with van der Waals surface area (Å²) in [5.74, 6) is 0.220. The highest BCUT2D eigenvalue weighted by Gasteiger charge is 2.49. The predicted octanol–water partition coefficient (Wildman–Crippen LogP) is 3.75. The quantitative estimate of drug-likeness (QED) is 0.423. The van der Waals surface area contributed by atoms with Gasteiger partial charge in [0.2, 0.25) is 15.9 Å². The van der Waals surface area contributed by atoms with Crippen molar-refractivity contribution in [1.29, 1.82) is 5.26 Å². The van der Waals surface area contributed by atoms with E-state index >= 15 is 0 Å². The average Bonchev–Trinajstić information content (AvgIpc) is 3.76. The number of nitrogens with zero attached hydrogens (tertiary/aromatic N) is 2. The van der Waals surface area contributed by atoms with Crippen LogP contribution in [-0.2, 0) is 14.8 Å². The van der Waals surface area contributed by atoms with Crippen molar-refractivity contribution < 1.29 is 27.5 Å². The SMILES string of the molecule is COc1ccc(C(=O)N2CCC(COc3ccc(-c4ccc(C#N)cc4)cc3)(C(=O)NS(=O)(=O)C3CC3)C2)cc1. The lowest BCUT2D eigenvalue weighted by atomic mass is 9.87. The van der Waals surface area contributed by atoms with E-state index in [-0.39, 0.29) is 32.0 Å². The van der Waals surface area contributed by atoms with Gasteiger partial charge >= 0.3 is 0 Å². The molecule has 3 aromatic carbocycles. The third-order valence-corrected chi connectivity index (χ3v) is 9.19. The number of carbonyl (C=O) groups excluding carboxylic acids is 2.